The molecule has 0 radical (unpaired) electrons. The van der Waals surface area contributed by atoms with Gasteiger partial charge in [0.25, 0.3) is 0 Å². The highest BCUT2D eigenvalue weighted by atomic mass is 19.1. The lowest BCUT2D eigenvalue weighted by molar-refractivity contribution is 0.193. The molecule has 3 heteroatoms. The summed E-state index contributed by atoms with van der Waals surface area (Å²) in [4.78, 5) is 0. The second-order valence-corrected chi connectivity index (χ2v) is 3.44. The molecule has 1 heterocycles. The SMILES string of the molecule is CC(C)N[C@H]1CNCC[C@@H]1F. The Hall–Kier alpha value is -0.150. The van der Waals surface area contributed by atoms with E-state index < -0.39 is 6.17 Å². The third kappa shape index (κ3) is 2.75. The van der Waals surface area contributed by atoms with Crippen molar-refractivity contribution in [2.24, 2.45) is 0 Å². The van der Waals surface area contributed by atoms with Crippen molar-refractivity contribution >= 4 is 0 Å². The van der Waals surface area contributed by atoms with Crippen molar-refractivity contribution < 1.29 is 4.39 Å². The molecule has 0 aromatic rings. The number of hydrogen-bond donors (Lipinski definition) is 2. The zero-order valence-corrected chi connectivity index (χ0v) is 7.23. The minimum absolute atomic E-state index is 0.0174. The van der Waals surface area contributed by atoms with Crippen LogP contribution in [0, 0.1) is 0 Å². The van der Waals surface area contributed by atoms with Gasteiger partial charge in [-0.25, -0.2) is 4.39 Å². The van der Waals surface area contributed by atoms with Gasteiger partial charge in [-0.2, -0.15) is 0 Å². The summed E-state index contributed by atoms with van der Waals surface area (Å²) in [6.45, 7) is 5.67. The highest BCUT2D eigenvalue weighted by molar-refractivity contribution is 4.84. The Kier molecular flexibility index (Phi) is 3.27. The van der Waals surface area contributed by atoms with Gasteiger partial charge < -0.3 is 10.6 Å². The van der Waals surface area contributed by atoms with E-state index in [1.807, 2.05) is 13.8 Å². The van der Waals surface area contributed by atoms with Gasteiger partial charge in [-0.3, -0.25) is 0 Å². The van der Waals surface area contributed by atoms with Gasteiger partial charge in [-0.15, -0.1) is 0 Å². The third-order valence-electron chi connectivity index (χ3n) is 1.95. The van der Waals surface area contributed by atoms with E-state index in [0.29, 0.717) is 12.5 Å². The Morgan fingerprint density at radius 2 is 2.27 bits per heavy atom. The number of nitrogens with one attached hydrogen (secondary N) is 2. The molecular weight excluding hydrogens is 143 g/mol. The first-order valence-corrected chi connectivity index (χ1v) is 4.31. The van der Waals surface area contributed by atoms with Gasteiger partial charge in [0, 0.05) is 12.6 Å². The van der Waals surface area contributed by atoms with Gasteiger partial charge in [-0.1, -0.05) is 13.8 Å². The Morgan fingerprint density at radius 1 is 1.55 bits per heavy atom. The highest BCUT2D eigenvalue weighted by Gasteiger charge is 2.24. The summed E-state index contributed by atoms with van der Waals surface area (Å²) in [7, 11) is 0. The summed E-state index contributed by atoms with van der Waals surface area (Å²) in [5.74, 6) is 0. The molecule has 0 bridgehead atoms. The molecule has 66 valence electrons. The largest absolute Gasteiger partial charge is 0.315 e. The van der Waals surface area contributed by atoms with Gasteiger partial charge in [-0.05, 0) is 13.0 Å². The molecule has 1 saturated heterocycles. The molecule has 2 atom stereocenters. The predicted octanol–water partition coefficient (Wildman–Crippen LogP) is 0.684. The lowest BCUT2D eigenvalue weighted by atomic mass is 10.0. The van der Waals surface area contributed by atoms with Crippen molar-refractivity contribution in [3.05, 3.63) is 0 Å². The van der Waals surface area contributed by atoms with Crippen LogP contribution in [0.25, 0.3) is 0 Å². The number of hydrogen-bond acceptors (Lipinski definition) is 2. The average molecular weight is 160 g/mol. The first kappa shape index (κ1) is 8.94. The molecule has 1 aliphatic heterocycles. The van der Waals surface area contributed by atoms with E-state index in [4.69, 9.17) is 0 Å². The van der Waals surface area contributed by atoms with Gasteiger partial charge in [0.1, 0.15) is 6.17 Å². The van der Waals surface area contributed by atoms with Crippen LogP contribution >= 0.6 is 0 Å². The molecule has 0 spiro atoms. The monoisotopic (exact) mass is 160 g/mol. The number of halogens is 1. The standard InChI is InChI=1S/C8H17FN2/c1-6(2)11-8-5-10-4-3-7(8)9/h6-8,10-11H,3-5H2,1-2H3/t7-,8-/m0/s1. The maximum absolute atomic E-state index is 13.1. The molecular formula is C8H17FN2. The summed E-state index contributed by atoms with van der Waals surface area (Å²) in [5, 5.41) is 6.36. The fourth-order valence-corrected chi connectivity index (χ4v) is 1.42. The van der Waals surface area contributed by atoms with Crippen LogP contribution in [0.5, 0.6) is 0 Å². The van der Waals surface area contributed by atoms with Crippen molar-refractivity contribution in [3.63, 3.8) is 0 Å². The Morgan fingerprint density at radius 3 is 2.82 bits per heavy atom. The van der Waals surface area contributed by atoms with E-state index in [2.05, 4.69) is 10.6 Å². The molecule has 0 unspecified atom stereocenters. The predicted molar refractivity (Wildman–Crippen MR) is 44.4 cm³/mol. The zero-order valence-electron chi connectivity index (χ0n) is 7.23. The number of alkyl halides is 1. The molecule has 0 aliphatic carbocycles. The van der Waals surface area contributed by atoms with Crippen molar-refractivity contribution in [3.8, 4) is 0 Å². The molecule has 0 saturated carbocycles. The lowest BCUT2D eigenvalue weighted by Gasteiger charge is -2.29. The van der Waals surface area contributed by atoms with Crippen molar-refractivity contribution in [2.45, 2.75) is 38.5 Å². The first-order chi connectivity index (χ1) is 5.20. The normalized spacial score (nSPS) is 32.7. The van der Waals surface area contributed by atoms with Crippen LogP contribution in [0.3, 0.4) is 0 Å². The molecule has 1 rings (SSSR count). The quantitative estimate of drug-likeness (QED) is 0.621. The van der Waals surface area contributed by atoms with Crippen LogP contribution < -0.4 is 10.6 Å². The summed E-state index contributed by atoms with van der Waals surface area (Å²) in [6, 6.07) is 0.391. The van der Waals surface area contributed by atoms with Gasteiger partial charge >= 0.3 is 0 Å². The third-order valence-corrected chi connectivity index (χ3v) is 1.95. The van der Waals surface area contributed by atoms with Crippen molar-refractivity contribution in [1.82, 2.24) is 10.6 Å². The van der Waals surface area contributed by atoms with Crippen LogP contribution in [0.1, 0.15) is 20.3 Å². The van der Waals surface area contributed by atoms with Gasteiger partial charge in [0.2, 0.25) is 0 Å². The Labute approximate surface area is 67.6 Å². The molecule has 11 heavy (non-hydrogen) atoms. The summed E-state index contributed by atoms with van der Waals surface area (Å²) < 4.78 is 13.1. The summed E-state index contributed by atoms with van der Waals surface area (Å²) in [5.41, 5.74) is 0. The van der Waals surface area contributed by atoms with E-state index in [-0.39, 0.29) is 6.04 Å². The van der Waals surface area contributed by atoms with E-state index in [9.17, 15) is 4.39 Å². The van der Waals surface area contributed by atoms with Crippen LogP contribution in [-0.2, 0) is 0 Å². The maximum atomic E-state index is 13.1. The molecule has 1 aliphatic rings. The number of rotatable bonds is 2. The fourth-order valence-electron chi connectivity index (χ4n) is 1.42. The fraction of sp³-hybridized carbons (Fsp3) is 1.00. The van der Waals surface area contributed by atoms with E-state index in [1.54, 1.807) is 0 Å². The van der Waals surface area contributed by atoms with Crippen LogP contribution in [-0.4, -0.2) is 31.3 Å². The Balaban J connectivity index is 2.29. The Bertz CT molecular complexity index is 117. The van der Waals surface area contributed by atoms with Crippen LogP contribution in [0.2, 0.25) is 0 Å². The van der Waals surface area contributed by atoms with E-state index >= 15 is 0 Å². The zero-order chi connectivity index (χ0) is 8.27. The number of piperidine rings is 1. The summed E-state index contributed by atoms with van der Waals surface area (Å²) in [6.07, 6.45) is -0.0247. The van der Waals surface area contributed by atoms with Crippen LogP contribution in [0.4, 0.5) is 4.39 Å². The van der Waals surface area contributed by atoms with E-state index in [0.717, 1.165) is 13.1 Å². The maximum Gasteiger partial charge on any atom is 0.118 e. The highest BCUT2D eigenvalue weighted by Crippen LogP contribution is 2.08. The second kappa shape index (κ2) is 4.02. The van der Waals surface area contributed by atoms with E-state index in [1.165, 1.54) is 0 Å². The van der Waals surface area contributed by atoms with Crippen LogP contribution in [0.15, 0.2) is 0 Å². The minimum atomic E-state index is -0.668. The molecule has 0 aromatic heterocycles. The molecule has 1 fully saturated rings. The first-order valence-electron chi connectivity index (χ1n) is 4.31. The lowest BCUT2D eigenvalue weighted by Crippen LogP contribution is -2.52. The second-order valence-electron chi connectivity index (χ2n) is 3.44. The smallest absolute Gasteiger partial charge is 0.118 e. The van der Waals surface area contributed by atoms with Gasteiger partial charge in [0.15, 0.2) is 0 Å². The van der Waals surface area contributed by atoms with Crippen molar-refractivity contribution in [1.29, 1.82) is 0 Å². The molecule has 0 amide bonds. The minimum Gasteiger partial charge on any atom is -0.315 e. The summed E-state index contributed by atoms with van der Waals surface area (Å²) >= 11 is 0. The topological polar surface area (TPSA) is 24.1 Å². The molecule has 2 nitrogen and oxygen atoms in total. The van der Waals surface area contributed by atoms with Crippen molar-refractivity contribution in [2.75, 3.05) is 13.1 Å². The average Bonchev–Trinajstić information content (AvgIpc) is 1.93. The molecule has 2 N–H and O–H groups in total. The molecule has 0 aromatic carbocycles. The van der Waals surface area contributed by atoms with Gasteiger partial charge in [0.05, 0.1) is 6.04 Å².